The van der Waals surface area contributed by atoms with Crippen molar-refractivity contribution >= 4 is 11.8 Å². The molecular formula is C13H19NOS. The molecule has 3 heteroatoms. The fourth-order valence-corrected chi connectivity index (χ4v) is 3.54. The topological polar surface area (TPSA) is 33.1 Å². The first-order chi connectivity index (χ1) is 7.77. The first-order valence-corrected chi connectivity index (χ1v) is 6.95. The largest absolute Gasteiger partial charge is 0.389 e. The van der Waals surface area contributed by atoms with E-state index in [2.05, 4.69) is 4.98 Å². The lowest BCUT2D eigenvalue weighted by Gasteiger charge is -2.21. The van der Waals surface area contributed by atoms with Gasteiger partial charge in [0.15, 0.2) is 0 Å². The minimum Gasteiger partial charge on any atom is -0.389 e. The normalized spacial score (nSPS) is 19.6. The number of hydrogen-bond acceptors (Lipinski definition) is 3. The summed E-state index contributed by atoms with van der Waals surface area (Å²) >= 11 is 1.85. The Hall–Kier alpha value is -0.540. The van der Waals surface area contributed by atoms with Gasteiger partial charge in [-0.05, 0) is 25.8 Å². The van der Waals surface area contributed by atoms with Crippen molar-refractivity contribution in [3.63, 3.8) is 0 Å². The van der Waals surface area contributed by atoms with Gasteiger partial charge in [-0.15, -0.1) is 11.8 Å². The highest BCUT2D eigenvalue weighted by Gasteiger charge is 2.18. The standard InChI is InChI=1S/C13H19NOS/c1-10(15)12-8-5-9-14-13(12)16-11-6-3-2-4-7-11/h5,8-11,15H,2-4,6-7H2,1H3/t10-/m0/s1. The summed E-state index contributed by atoms with van der Waals surface area (Å²) in [5.41, 5.74) is 0.970. The molecule has 2 nitrogen and oxygen atoms in total. The number of pyridine rings is 1. The molecule has 0 unspecified atom stereocenters. The van der Waals surface area contributed by atoms with Gasteiger partial charge < -0.3 is 5.11 Å². The SMILES string of the molecule is C[C@H](O)c1cccnc1SC1CCCCC1. The zero-order valence-electron chi connectivity index (χ0n) is 9.72. The van der Waals surface area contributed by atoms with Crippen LogP contribution in [0.2, 0.25) is 0 Å². The van der Waals surface area contributed by atoms with Crippen LogP contribution in [-0.2, 0) is 0 Å². The molecule has 1 atom stereocenters. The predicted molar refractivity (Wildman–Crippen MR) is 67.6 cm³/mol. The lowest BCUT2D eigenvalue weighted by Crippen LogP contribution is -2.09. The second kappa shape index (κ2) is 5.69. The molecule has 16 heavy (non-hydrogen) atoms. The van der Waals surface area contributed by atoms with Gasteiger partial charge in [-0.3, -0.25) is 0 Å². The van der Waals surface area contributed by atoms with E-state index in [1.165, 1.54) is 32.1 Å². The van der Waals surface area contributed by atoms with Crippen molar-refractivity contribution in [1.82, 2.24) is 4.98 Å². The fourth-order valence-electron chi connectivity index (χ4n) is 2.16. The van der Waals surface area contributed by atoms with Crippen molar-refractivity contribution in [3.8, 4) is 0 Å². The van der Waals surface area contributed by atoms with Crippen LogP contribution in [0.25, 0.3) is 0 Å². The van der Waals surface area contributed by atoms with Crippen LogP contribution in [0.15, 0.2) is 23.4 Å². The molecule has 1 aromatic rings. The minimum atomic E-state index is -0.417. The van der Waals surface area contributed by atoms with E-state index in [-0.39, 0.29) is 0 Å². The summed E-state index contributed by atoms with van der Waals surface area (Å²) in [6.45, 7) is 1.81. The second-order valence-electron chi connectivity index (χ2n) is 4.45. The molecule has 1 heterocycles. The lowest BCUT2D eigenvalue weighted by molar-refractivity contribution is 0.195. The van der Waals surface area contributed by atoms with Crippen molar-refractivity contribution in [2.24, 2.45) is 0 Å². The van der Waals surface area contributed by atoms with E-state index in [0.717, 1.165) is 10.6 Å². The van der Waals surface area contributed by atoms with Crippen LogP contribution < -0.4 is 0 Å². The summed E-state index contributed by atoms with van der Waals surface area (Å²) in [6.07, 6.45) is 8.05. The van der Waals surface area contributed by atoms with Crippen molar-refractivity contribution in [3.05, 3.63) is 23.9 Å². The third kappa shape index (κ3) is 2.98. The zero-order valence-corrected chi connectivity index (χ0v) is 10.5. The van der Waals surface area contributed by atoms with Crippen molar-refractivity contribution in [2.45, 2.75) is 55.4 Å². The number of hydrogen-bond donors (Lipinski definition) is 1. The quantitative estimate of drug-likeness (QED) is 0.872. The lowest BCUT2D eigenvalue weighted by atomic mass is 10.0. The summed E-state index contributed by atoms with van der Waals surface area (Å²) in [5, 5.41) is 11.4. The van der Waals surface area contributed by atoms with E-state index in [9.17, 15) is 5.11 Å². The van der Waals surface area contributed by atoms with Gasteiger partial charge in [0.2, 0.25) is 0 Å². The van der Waals surface area contributed by atoms with Gasteiger partial charge in [0.25, 0.3) is 0 Å². The number of aliphatic hydroxyl groups is 1. The Bertz CT molecular complexity index is 334. The number of aliphatic hydroxyl groups excluding tert-OH is 1. The van der Waals surface area contributed by atoms with Gasteiger partial charge >= 0.3 is 0 Å². The number of aromatic nitrogens is 1. The highest BCUT2D eigenvalue weighted by molar-refractivity contribution is 7.99. The van der Waals surface area contributed by atoms with Gasteiger partial charge in [-0.1, -0.05) is 25.3 Å². The van der Waals surface area contributed by atoms with Crippen molar-refractivity contribution in [1.29, 1.82) is 0 Å². The Kier molecular flexibility index (Phi) is 4.24. The van der Waals surface area contributed by atoms with Gasteiger partial charge in [-0.25, -0.2) is 4.98 Å². The molecule has 0 radical (unpaired) electrons. The number of thioether (sulfide) groups is 1. The third-order valence-corrected chi connectivity index (χ3v) is 4.45. The molecule has 1 N–H and O–H groups in total. The van der Waals surface area contributed by atoms with Crippen LogP contribution in [0.4, 0.5) is 0 Å². The summed E-state index contributed by atoms with van der Waals surface area (Å²) < 4.78 is 0. The second-order valence-corrected chi connectivity index (χ2v) is 5.74. The molecule has 1 fully saturated rings. The molecule has 1 aliphatic carbocycles. The minimum absolute atomic E-state index is 0.417. The van der Waals surface area contributed by atoms with Crippen LogP contribution in [0, 0.1) is 0 Å². The van der Waals surface area contributed by atoms with E-state index in [1.54, 1.807) is 0 Å². The van der Waals surface area contributed by atoms with E-state index in [4.69, 9.17) is 0 Å². The van der Waals surface area contributed by atoms with Crippen LogP contribution in [-0.4, -0.2) is 15.3 Å². The molecule has 1 aromatic heterocycles. The molecule has 0 saturated heterocycles. The van der Waals surface area contributed by atoms with Gasteiger partial charge in [-0.2, -0.15) is 0 Å². The molecule has 2 rings (SSSR count). The highest BCUT2D eigenvalue weighted by Crippen LogP contribution is 2.35. The molecule has 1 aliphatic rings. The molecule has 0 aromatic carbocycles. The maximum absolute atomic E-state index is 9.68. The Morgan fingerprint density at radius 1 is 1.38 bits per heavy atom. The smallest absolute Gasteiger partial charge is 0.102 e. The van der Waals surface area contributed by atoms with E-state index < -0.39 is 6.10 Å². The summed E-state index contributed by atoms with van der Waals surface area (Å²) in [7, 11) is 0. The van der Waals surface area contributed by atoms with E-state index in [1.807, 2.05) is 37.0 Å². The molecule has 88 valence electrons. The zero-order chi connectivity index (χ0) is 11.4. The van der Waals surface area contributed by atoms with Crippen LogP contribution in [0.1, 0.15) is 50.7 Å². The maximum Gasteiger partial charge on any atom is 0.102 e. The van der Waals surface area contributed by atoms with Crippen LogP contribution >= 0.6 is 11.8 Å². The highest BCUT2D eigenvalue weighted by atomic mass is 32.2. The predicted octanol–water partition coefficient (Wildman–Crippen LogP) is 3.56. The molecule has 1 saturated carbocycles. The maximum atomic E-state index is 9.68. The first-order valence-electron chi connectivity index (χ1n) is 6.07. The van der Waals surface area contributed by atoms with Gasteiger partial charge in [0, 0.05) is 17.0 Å². The summed E-state index contributed by atoms with van der Waals surface area (Å²) in [5.74, 6) is 0. The summed E-state index contributed by atoms with van der Waals surface area (Å²) in [4.78, 5) is 4.40. The molecule has 0 amide bonds. The van der Waals surface area contributed by atoms with Gasteiger partial charge in [0.05, 0.1) is 6.10 Å². The molecule has 0 bridgehead atoms. The molecule has 0 aliphatic heterocycles. The van der Waals surface area contributed by atoms with Crippen molar-refractivity contribution in [2.75, 3.05) is 0 Å². The first kappa shape index (κ1) is 11.9. The third-order valence-electron chi connectivity index (χ3n) is 3.08. The molecular weight excluding hydrogens is 218 g/mol. The van der Waals surface area contributed by atoms with Crippen molar-refractivity contribution < 1.29 is 5.11 Å². The monoisotopic (exact) mass is 237 g/mol. The Labute approximate surface area is 101 Å². The Morgan fingerprint density at radius 2 is 2.12 bits per heavy atom. The summed E-state index contributed by atoms with van der Waals surface area (Å²) in [6, 6.07) is 3.87. The molecule has 0 spiro atoms. The van der Waals surface area contributed by atoms with Crippen LogP contribution in [0.5, 0.6) is 0 Å². The average molecular weight is 237 g/mol. The Morgan fingerprint density at radius 3 is 2.81 bits per heavy atom. The Balaban J connectivity index is 2.07. The van der Waals surface area contributed by atoms with E-state index >= 15 is 0 Å². The van der Waals surface area contributed by atoms with Crippen LogP contribution in [0.3, 0.4) is 0 Å². The fraction of sp³-hybridized carbons (Fsp3) is 0.615. The number of nitrogens with zero attached hydrogens (tertiary/aromatic N) is 1. The van der Waals surface area contributed by atoms with Gasteiger partial charge in [0.1, 0.15) is 5.03 Å². The van der Waals surface area contributed by atoms with E-state index in [0.29, 0.717) is 5.25 Å². The number of rotatable bonds is 3. The average Bonchev–Trinajstić information content (AvgIpc) is 2.31.